The van der Waals surface area contributed by atoms with E-state index in [1.165, 1.54) is 9.75 Å². The third kappa shape index (κ3) is 3.12. The van der Waals surface area contributed by atoms with Crippen LogP contribution < -0.4 is 5.32 Å². The molecule has 3 aromatic rings. The van der Waals surface area contributed by atoms with Crippen LogP contribution in [0.1, 0.15) is 27.9 Å². The maximum absolute atomic E-state index is 12.3. The van der Waals surface area contributed by atoms with Crippen LogP contribution in [0.15, 0.2) is 48.7 Å². The lowest BCUT2D eigenvalue weighted by Gasteiger charge is -2.02. The van der Waals surface area contributed by atoms with Crippen LogP contribution in [-0.2, 0) is 11.3 Å². The van der Waals surface area contributed by atoms with Gasteiger partial charge in [0.15, 0.2) is 0 Å². The second kappa shape index (κ2) is 6.24. The maximum Gasteiger partial charge on any atom is 0.224 e. The first kappa shape index (κ1) is 15.1. The number of thiophene rings is 1. The van der Waals surface area contributed by atoms with Crippen molar-refractivity contribution in [1.29, 1.82) is 0 Å². The van der Waals surface area contributed by atoms with Crippen molar-refractivity contribution in [1.82, 2.24) is 15.3 Å². The molecule has 24 heavy (non-hydrogen) atoms. The van der Waals surface area contributed by atoms with Gasteiger partial charge >= 0.3 is 0 Å². The summed E-state index contributed by atoms with van der Waals surface area (Å²) in [6.45, 7) is 2.55. The molecule has 4 nitrogen and oxygen atoms in total. The van der Waals surface area contributed by atoms with Crippen molar-refractivity contribution in [2.45, 2.75) is 25.8 Å². The highest BCUT2D eigenvalue weighted by molar-refractivity contribution is 7.12. The van der Waals surface area contributed by atoms with Gasteiger partial charge in [-0.25, -0.2) is 4.98 Å². The highest BCUT2D eigenvalue weighted by atomic mass is 32.1. The van der Waals surface area contributed by atoms with Crippen LogP contribution in [0.3, 0.4) is 0 Å². The first-order valence-corrected chi connectivity index (χ1v) is 8.96. The van der Waals surface area contributed by atoms with Crippen molar-refractivity contribution >= 4 is 17.2 Å². The molecule has 0 aliphatic heterocycles. The van der Waals surface area contributed by atoms with E-state index in [9.17, 15) is 4.79 Å². The number of imidazole rings is 1. The molecule has 1 amide bonds. The number of benzene rings is 1. The van der Waals surface area contributed by atoms with Gasteiger partial charge in [-0.15, -0.1) is 11.3 Å². The summed E-state index contributed by atoms with van der Waals surface area (Å²) < 4.78 is 0. The average Bonchev–Trinajstić information content (AvgIpc) is 3.05. The van der Waals surface area contributed by atoms with Gasteiger partial charge in [0.25, 0.3) is 0 Å². The van der Waals surface area contributed by atoms with Crippen molar-refractivity contribution in [3.8, 4) is 11.3 Å². The van der Waals surface area contributed by atoms with Crippen molar-refractivity contribution < 1.29 is 4.79 Å². The van der Waals surface area contributed by atoms with Crippen LogP contribution in [0.4, 0.5) is 0 Å². The Hall–Kier alpha value is -2.40. The minimum atomic E-state index is 0.117. The quantitative estimate of drug-likeness (QED) is 0.742. The molecular formula is C19H19N3OS. The molecule has 2 atom stereocenters. The molecule has 1 fully saturated rings. The topological polar surface area (TPSA) is 57.8 Å². The fraction of sp³-hybridized carbons (Fsp3) is 0.263. The van der Waals surface area contributed by atoms with Gasteiger partial charge in [0.2, 0.25) is 5.91 Å². The standard InChI is InChI=1S/C19H19N3OS/c1-12-7-8-17(24-12)14-9-15(14)19(23)21-11-18-20-10-16(22-18)13-5-3-2-4-6-13/h2-8,10,14-15H,9,11H2,1H3,(H,20,22)(H,21,23). The van der Waals surface area contributed by atoms with Crippen molar-refractivity contribution in [2.24, 2.45) is 5.92 Å². The molecule has 2 unspecified atom stereocenters. The zero-order valence-electron chi connectivity index (χ0n) is 13.5. The number of carbonyl (C=O) groups is 1. The second-order valence-corrected chi connectivity index (χ2v) is 7.54. The summed E-state index contributed by atoms with van der Waals surface area (Å²) in [7, 11) is 0. The number of rotatable bonds is 5. The summed E-state index contributed by atoms with van der Waals surface area (Å²) in [5.41, 5.74) is 2.07. The minimum absolute atomic E-state index is 0.117. The van der Waals surface area contributed by atoms with Crippen LogP contribution in [0.25, 0.3) is 11.3 Å². The number of H-pyrrole nitrogens is 1. The Morgan fingerprint density at radius 2 is 2.12 bits per heavy atom. The van der Waals surface area contributed by atoms with Gasteiger partial charge in [-0.2, -0.15) is 0 Å². The number of nitrogens with zero attached hydrogens (tertiary/aromatic N) is 1. The summed E-state index contributed by atoms with van der Waals surface area (Å²) in [6.07, 6.45) is 2.77. The number of hydrogen-bond acceptors (Lipinski definition) is 3. The summed E-state index contributed by atoms with van der Waals surface area (Å²) >= 11 is 1.80. The predicted octanol–water partition coefficient (Wildman–Crippen LogP) is 3.87. The first-order chi connectivity index (χ1) is 11.7. The highest BCUT2D eigenvalue weighted by Crippen LogP contribution is 2.49. The number of aromatic amines is 1. The number of hydrogen-bond donors (Lipinski definition) is 2. The molecule has 1 aliphatic carbocycles. The monoisotopic (exact) mass is 337 g/mol. The maximum atomic E-state index is 12.3. The fourth-order valence-corrected chi connectivity index (χ4v) is 4.03. The molecule has 0 bridgehead atoms. The fourth-order valence-electron chi connectivity index (χ4n) is 2.97. The number of aryl methyl sites for hydroxylation is 1. The molecule has 0 saturated heterocycles. The van der Waals surface area contributed by atoms with E-state index >= 15 is 0 Å². The second-order valence-electron chi connectivity index (χ2n) is 6.22. The summed E-state index contributed by atoms with van der Waals surface area (Å²) in [5.74, 6) is 1.43. The lowest BCUT2D eigenvalue weighted by molar-refractivity contribution is -0.122. The molecular weight excluding hydrogens is 318 g/mol. The van der Waals surface area contributed by atoms with Crippen molar-refractivity contribution in [3.63, 3.8) is 0 Å². The number of carbonyl (C=O) groups excluding carboxylic acids is 1. The van der Waals surface area contributed by atoms with Crippen LogP contribution in [-0.4, -0.2) is 15.9 Å². The number of nitrogens with one attached hydrogen (secondary N) is 2. The van der Waals surface area contributed by atoms with Crippen LogP contribution in [0.2, 0.25) is 0 Å². The van der Waals surface area contributed by atoms with E-state index in [4.69, 9.17) is 0 Å². The Labute approximate surface area is 145 Å². The van der Waals surface area contributed by atoms with Crippen LogP contribution in [0, 0.1) is 12.8 Å². The largest absolute Gasteiger partial charge is 0.349 e. The lowest BCUT2D eigenvalue weighted by Crippen LogP contribution is -2.25. The smallest absolute Gasteiger partial charge is 0.224 e. The van der Waals surface area contributed by atoms with Gasteiger partial charge in [-0.3, -0.25) is 4.79 Å². The van der Waals surface area contributed by atoms with E-state index in [2.05, 4.69) is 34.3 Å². The summed E-state index contributed by atoms with van der Waals surface area (Å²) in [5, 5.41) is 3.00. The Morgan fingerprint density at radius 1 is 1.29 bits per heavy atom. The summed E-state index contributed by atoms with van der Waals surface area (Å²) in [4.78, 5) is 22.6. The average molecular weight is 337 g/mol. The van der Waals surface area contributed by atoms with E-state index in [-0.39, 0.29) is 11.8 Å². The molecule has 5 heteroatoms. The van der Waals surface area contributed by atoms with Crippen molar-refractivity contribution in [2.75, 3.05) is 0 Å². The van der Waals surface area contributed by atoms with E-state index < -0.39 is 0 Å². The zero-order valence-corrected chi connectivity index (χ0v) is 14.3. The molecule has 0 spiro atoms. The Morgan fingerprint density at radius 3 is 2.88 bits per heavy atom. The molecule has 2 N–H and O–H groups in total. The Kier molecular flexibility index (Phi) is 3.94. The normalized spacial score (nSPS) is 19.2. The Balaban J connectivity index is 1.33. The SMILES string of the molecule is Cc1ccc(C2CC2C(=O)NCc2ncc(-c3ccccc3)[nH]2)s1. The molecule has 2 heterocycles. The van der Waals surface area contributed by atoms with Gasteiger partial charge in [0, 0.05) is 21.6 Å². The molecule has 122 valence electrons. The summed E-state index contributed by atoms with van der Waals surface area (Å²) in [6, 6.07) is 14.3. The number of aromatic nitrogens is 2. The molecule has 4 rings (SSSR count). The van der Waals surface area contributed by atoms with Crippen LogP contribution in [0.5, 0.6) is 0 Å². The minimum Gasteiger partial charge on any atom is -0.349 e. The molecule has 1 saturated carbocycles. The van der Waals surface area contributed by atoms with Gasteiger partial charge in [0.05, 0.1) is 18.4 Å². The molecule has 0 radical (unpaired) electrons. The lowest BCUT2D eigenvalue weighted by atomic mass is 10.2. The third-order valence-corrected chi connectivity index (χ3v) is 5.53. The molecule has 1 aliphatic rings. The van der Waals surface area contributed by atoms with Gasteiger partial charge < -0.3 is 10.3 Å². The van der Waals surface area contributed by atoms with E-state index in [0.717, 1.165) is 23.5 Å². The first-order valence-electron chi connectivity index (χ1n) is 8.14. The predicted molar refractivity (Wildman–Crippen MR) is 95.8 cm³/mol. The third-order valence-electron chi connectivity index (χ3n) is 4.40. The van der Waals surface area contributed by atoms with E-state index in [1.54, 1.807) is 11.3 Å². The highest BCUT2D eigenvalue weighted by Gasteiger charge is 2.44. The van der Waals surface area contributed by atoms with E-state index in [0.29, 0.717) is 12.5 Å². The van der Waals surface area contributed by atoms with Gasteiger partial charge in [0.1, 0.15) is 5.82 Å². The van der Waals surface area contributed by atoms with Gasteiger partial charge in [-0.05, 0) is 31.0 Å². The molecule has 2 aromatic heterocycles. The van der Waals surface area contributed by atoms with E-state index in [1.807, 2.05) is 36.5 Å². The van der Waals surface area contributed by atoms with Crippen molar-refractivity contribution in [3.05, 3.63) is 64.2 Å². The molecule has 1 aromatic carbocycles. The Bertz CT molecular complexity index is 852. The van der Waals surface area contributed by atoms with Gasteiger partial charge in [-0.1, -0.05) is 30.3 Å². The zero-order chi connectivity index (χ0) is 16.5. The number of amides is 1. The van der Waals surface area contributed by atoms with Crippen LogP contribution >= 0.6 is 11.3 Å².